The van der Waals surface area contributed by atoms with E-state index in [9.17, 15) is 4.79 Å². The number of benzene rings is 2. The van der Waals surface area contributed by atoms with E-state index >= 15 is 0 Å². The van der Waals surface area contributed by atoms with Crippen LogP contribution in [0.15, 0.2) is 41.8 Å². The van der Waals surface area contributed by atoms with E-state index in [0.717, 1.165) is 71.4 Å². The molecular weight excluding hydrogens is 510 g/mol. The van der Waals surface area contributed by atoms with E-state index in [-0.39, 0.29) is 12.7 Å². The van der Waals surface area contributed by atoms with Crippen LogP contribution in [0.1, 0.15) is 46.3 Å². The summed E-state index contributed by atoms with van der Waals surface area (Å²) in [5.41, 5.74) is 6.01. The number of aliphatic hydroxyl groups excluding tert-OH is 1. The first-order chi connectivity index (χ1) is 19.0. The average Bonchev–Trinajstić information content (AvgIpc) is 3.48. The van der Waals surface area contributed by atoms with Crippen LogP contribution < -0.4 is 9.64 Å². The standard InChI is InChI=1S/C31H37N3O4S/c1-20-4-9-29(38-16-25-8-5-22(13-21(25)2)30(36)33-10-3-11-33)26(12-20)28-18-39-31(32-28)34-14-23-6-7-24(15-34)27(23)17-37-19-35/h4-5,8-9,12-13,18,23-24,27,35H,3,6-7,10-11,14-17,19H2,1-2H3/t23-,24+,27+. The van der Waals surface area contributed by atoms with Crippen molar-refractivity contribution in [3.8, 4) is 17.0 Å². The lowest BCUT2D eigenvalue weighted by Crippen LogP contribution is -2.43. The van der Waals surface area contributed by atoms with Crippen LogP contribution in [0.25, 0.3) is 11.3 Å². The van der Waals surface area contributed by atoms with Gasteiger partial charge >= 0.3 is 0 Å². The molecule has 6 rings (SSSR count). The largest absolute Gasteiger partial charge is 0.488 e. The summed E-state index contributed by atoms with van der Waals surface area (Å²) < 4.78 is 11.7. The van der Waals surface area contributed by atoms with Gasteiger partial charge in [0.05, 0.1) is 12.3 Å². The van der Waals surface area contributed by atoms with Crippen molar-refractivity contribution in [2.24, 2.45) is 17.8 Å². The number of hydrogen-bond acceptors (Lipinski definition) is 7. The minimum absolute atomic E-state index is 0.118. The van der Waals surface area contributed by atoms with Crippen LogP contribution in [-0.2, 0) is 11.3 Å². The molecule has 1 saturated carbocycles. The van der Waals surface area contributed by atoms with Gasteiger partial charge in [-0.2, -0.15) is 0 Å². The maximum atomic E-state index is 12.6. The number of carbonyl (C=O) groups is 1. The van der Waals surface area contributed by atoms with Crippen molar-refractivity contribution in [3.05, 3.63) is 64.0 Å². The van der Waals surface area contributed by atoms with Crippen molar-refractivity contribution in [1.29, 1.82) is 0 Å². The molecule has 8 heteroatoms. The summed E-state index contributed by atoms with van der Waals surface area (Å²) >= 11 is 1.70. The fraction of sp³-hybridized carbons (Fsp3) is 0.484. The van der Waals surface area contributed by atoms with Crippen molar-refractivity contribution in [2.75, 3.05) is 44.5 Å². The number of carbonyl (C=O) groups excluding carboxylic acids is 1. The number of amides is 1. The van der Waals surface area contributed by atoms with Crippen LogP contribution in [0.3, 0.4) is 0 Å². The summed E-state index contributed by atoms with van der Waals surface area (Å²) in [4.78, 5) is 22.0. The number of rotatable bonds is 9. The molecule has 1 amide bonds. The number of hydrogen-bond donors (Lipinski definition) is 1. The number of aliphatic hydroxyl groups is 1. The molecule has 1 aromatic heterocycles. The molecular formula is C31H37N3O4S. The predicted octanol–water partition coefficient (Wildman–Crippen LogP) is 5.28. The molecule has 3 fully saturated rings. The highest BCUT2D eigenvalue weighted by Gasteiger charge is 2.42. The Morgan fingerprint density at radius 1 is 1.10 bits per heavy atom. The van der Waals surface area contributed by atoms with Gasteiger partial charge < -0.3 is 24.4 Å². The molecule has 3 aliphatic rings. The fourth-order valence-corrected chi connectivity index (χ4v) is 7.15. The van der Waals surface area contributed by atoms with E-state index in [4.69, 9.17) is 19.6 Å². The quantitative estimate of drug-likeness (QED) is 0.368. The molecule has 2 saturated heterocycles. The van der Waals surface area contributed by atoms with Gasteiger partial charge in [0.25, 0.3) is 5.91 Å². The van der Waals surface area contributed by atoms with Gasteiger partial charge in [-0.25, -0.2) is 4.98 Å². The number of thiazole rings is 1. The van der Waals surface area contributed by atoms with Crippen LogP contribution in [0.5, 0.6) is 5.75 Å². The normalized spacial score (nSPS) is 22.2. The molecule has 2 aliphatic heterocycles. The summed E-state index contributed by atoms with van der Waals surface area (Å²) in [6.45, 7) is 8.74. The van der Waals surface area contributed by atoms with Gasteiger partial charge in [0, 0.05) is 42.7 Å². The van der Waals surface area contributed by atoms with Crippen LogP contribution in [0, 0.1) is 31.6 Å². The molecule has 206 valence electrons. The molecule has 0 unspecified atom stereocenters. The smallest absolute Gasteiger partial charge is 0.253 e. The van der Waals surface area contributed by atoms with Gasteiger partial charge in [-0.3, -0.25) is 4.79 Å². The number of aromatic nitrogens is 1. The van der Waals surface area contributed by atoms with Gasteiger partial charge in [0.15, 0.2) is 5.13 Å². The fourth-order valence-electron chi connectivity index (χ4n) is 6.30. The zero-order chi connectivity index (χ0) is 26.9. The summed E-state index contributed by atoms with van der Waals surface area (Å²) in [7, 11) is 0. The van der Waals surface area contributed by atoms with Crippen molar-refractivity contribution in [3.63, 3.8) is 0 Å². The second kappa shape index (κ2) is 11.3. The number of ether oxygens (including phenoxy) is 2. The van der Waals surface area contributed by atoms with Crippen LogP contribution in [0.4, 0.5) is 5.13 Å². The molecule has 1 N–H and O–H groups in total. The van der Waals surface area contributed by atoms with Crippen LogP contribution in [0.2, 0.25) is 0 Å². The predicted molar refractivity (Wildman–Crippen MR) is 153 cm³/mol. The number of likely N-dealkylation sites (tertiary alicyclic amines) is 1. The molecule has 7 nitrogen and oxygen atoms in total. The summed E-state index contributed by atoms with van der Waals surface area (Å²) in [6, 6.07) is 12.2. The van der Waals surface area contributed by atoms with E-state index in [1.54, 1.807) is 11.3 Å². The van der Waals surface area contributed by atoms with E-state index in [1.165, 1.54) is 18.4 Å². The third-order valence-electron chi connectivity index (χ3n) is 8.72. The highest BCUT2D eigenvalue weighted by molar-refractivity contribution is 7.14. The summed E-state index contributed by atoms with van der Waals surface area (Å²) in [5.74, 6) is 2.66. The molecule has 0 radical (unpaired) electrons. The van der Waals surface area contributed by atoms with Crippen LogP contribution in [-0.4, -0.2) is 60.5 Å². The summed E-state index contributed by atoms with van der Waals surface area (Å²) in [5, 5.41) is 12.3. The molecule has 3 heterocycles. The third kappa shape index (κ3) is 5.42. The Balaban J connectivity index is 1.15. The minimum atomic E-state index is -0.195. The first-order valence-electron chi connectivity index (χ1n) is 14.0. The highest BCUT2D eigenvalue weighted by atomic mass is 32.1. The lowest BCUT2D eigenvalue weighted by Gasteiger charge is -2.37. The van der Waals surface area contributed by atoms with E-state index in [2.05, 4.69) is 29.3 Å². The third-order valence-corrected chi connectivity index (χ3v) is 9.62. The Labute approximate surface area is 234 Å². The zero-order valence-corrected chi connectivity index (χ0v) is 23.6. The molecule has 0 spiro atoms. The van der Waals surface area contributed by atoms with Crippen molar-refractivity contribution in [1.82, 2.24) is 9.88 Å². The lowest BCUT2D eigenvalue weighted by atomic mass is 9.86. The number of nitrogens with zero attached hydrogens (tertiary/aromatic N) is 3. The second-order valence-corrected chi connectivity index (χ2v) is 12.1. The second-order valence-electron chi connectivity index (χ2n) is 11.3. The van der Waals surface area contributed by atoms with Gasteiger partial charge in [-0.1, -0.05) is 17.7 Å². The first-order valence-corrected chi connectivity index (χ1v) is 14.9. The van der Waals surface area contributed by atoms with E-state index in [1.807, 2.05) is 36.1 Å². The molecule has 3 atom stereocenters. The maximum absolute atomic E-state index is 12.6. The number of aryl methyl sites for hydroxylation is 2. The Bertz CT molecular complexity index is 1320. The van der Waals surface area contributed by atoms with Gasteiger partial charge in [0.1, 0.15) is 19.1 Å². The Morgan fingerprint density at radius 2 is 1.90 bits per heavy atom. The molecule has 3 aromatic rings. The van der Waals surface area contributed by atoms with Gasteiger partial charge in [-0.15, -0.1) is 11.3 Å². The number of anilines is 1. The Hall–Kier alpha value is -2.94. The average molecular weight is 548 g/mol. The summed E-state index contributed by atoms with van der Waals surface area (Å²) in [6.07, 6.45) is 3.54. The van der Waals surface area contributed by atoms with Crippen molar-refractivity contribution >= 4 is 22.4 Å². The monoisotopic (exact) mass is 547 g/mol. The topological polar surface area (TPSA) is 75.1 Å². The van der Waals surface area contributed by atoms with E-state index in [0.29, 0.717) is 31.0 Å². The van der Waals surface area contributed by atoms with E-state index < -0.39 is 0 Å². The number of piperidine rings is 1. The maximum Gasteiger partial charge on any atom is 0.253 e. The SMILES string of the molecule is Cc1ccc(OCc2ccc(C(=O)N3CCC3)cc2C)c(-c2csc(N3C[C@H]4CC[C@@H](C3)[C@H]4COCO)n2)c1. The first kappa shape index (κ1) is 26.3. The Kier molecular flexibility index (Phi) is 7.60. The molecule has 2 bridgehead atoms. The lowest BCUT2D eigenvalue weighted by molar-refractivity contribution is -0.0315. The van der Waals surface area contributed by atoms with Crippen LogP contribution >= 0.6 is 11.3 Å². The highest BCUT2D eigenvalue weighted by Crippen LogP contribution is 2.44. The van der Waals surface area contributed by atoms with Crippen molar-refractivity contribution in [2.45, 2.75) is 39.7 Å². The Morgan fingerprint density at radius 3 is 2.59 bits per heavy atom. The molecule has 1 aliphatic carbocycles. The zero-order valence-electron chi connectivity index (χ0n) is 22.8. The van der Waals surface area contributed by atoms with Gasteiger partial charge in [0.2, 0.25) is 0 Å². The van der Waals surface area contributed by atoms with Crippen molar-refractivity contribution < 1.29 is 19.4 Å². The molecule has 39 heavy (non-hydrogen) atoms. The molecule has 2 aromatic carbocycles. The van der Waals surface area contributed by atoms with Gasteiger partial charge in [-0.05, 0) is 86.3 Å². The number of fused-ring (bicyclic) bond motifs is 2. The minimum Gasteiger partial charge on any atom is -0.488 e.